The third-order valence-electron chi connectivity index (χ3n) is 3.62. The van der Waals surface area contributed by atoms with Gasteiger partial charge in [0.25, 0.3) is 0 Å². The molecule has 0 aliphatic heterocycles. The molecule has 2 aliphatic carbocycles. The summed E-state index contributed by atoms with van der Waals surface area (Å²) < 4.78 is 0. The maximum absolute atomic E-state index is 4.30. The van der Waals surface area contributed by atoms with Gasteiger partial charge in [-0.05, 0) is 25.2 Å². The van der Waals surface area contributed by atoms with Gasteiger partial charge in [-0.3, -0.25) is 0 Å². The van der Waals surface area contributed by atoms with Crippen molar-refractivity contribution in [2.75, 3.05) is 0 Å². The lowest BCUT2D eigenvalue weighted by molar-refractivity contribution is 0.436. The first-order valence-corrected chi connectivity index (χ1v) is 5.89. The fourth-order valence-corrected chi connectivity index (χ4v) is 2.68. The summed E-state index contributed by atoms with van der Waals surface area (Å²) in [5, 5.41) is 0. The molecule has 0 N–H and O–H groups in total. The summed E-state index contributed by atoms with van der Waals surface area (Å²) in [6, 6.07) is 0. The van der Waals surface area contributed by atoms with E-state index in [1.165, 1.54) is 37.7 Å². The highest BCUT2D eigenvalue weighted by Gasteiger charge is 2.28. The van der Waals surface area contributed by atoms with E-state index in [0.717, 1.165) is 5.92 Å². The Morgan fingerprint density at radius 3 is 3.14 bits per heavy atom. The summed E-state index contributed by atoms with van der Waals surface area (Å²) in [5.41, 5.74) is 3.08. The highest BCUT2D eigenvalue weighted by Crippen LogP contribution is 2.42. The fourth-order valence-electron chi connectivity index (χ4n) is 2.68. The minimum absolute atomic E-state index is 0.602. The Labute approximate surface area is 87.4 Å². The van der Waals surface area contributed by atoms with Crippen LogP contribution < -0.4 is 0 Å². The van der Waals surface area contributed by atoms with E-state index in [2.05, 4.69) is 31.7 Å². The molecule has 0 heterocycles. The second-order valence-corrected chi connectivity index (χ2v) is 4.56. The van der Waals surface area contributed by atoms with Crippen molar-refractivity contribution in [1.82, 2.24) is 0 Å². The standard InChI is InChI=1S/C14H20/c1-3-4-6-12-9-10-13-7-5-8-14(13)11(12)2/h5,7-8,12,14H,2-4,6,9-10H2,1H3/t12-,14-/m0/s1. The van der Waals surface area contributed by atoms with Gasteiger partial charge in [0.1, 0.15) is 0 Å². The van der Waals surface area contributed by atoms with Gasteiger partial charge < -0.3 is 0 Å². The Hall–Kier alpha value is -0.780. The van der Waals surface area contributed by atoms with Crippen LogP contribution in [0.4, 0.5) is 0 Å². The average molecular weight is 188 g/mol. The van der Waals surface area contributed by atoms with Gasteiger partial charge in [0, 0.05) is 5.92 Å². The first-order valence-electron chi connectivity index (χ1n) is 5.89. The number of unbranched alkanes of at least 4 members (excludes halogenated alkanes) is 1. The Kier molecular flexibility index (Phi) is 2.90. The van der Waals surface area contributed by atoms with Crippen molar-refractivity contribution in [1.29, 1.82) is 0 Å². The van der Waals surface area contributed by atoms with Crippen LogP contribution in [0.1, 0.15) is 39.0 Å². The lowest BCUT2D eigenvalue weighted by Gasteiger charge is -2.31. The van der Waals surface area contributed by atoms with E-state index in [1.807, 2.05) is 0 Å². The molecule has 2 rings (SSSR count). The lowest BCUT2D eigenvalue weighted by Crippen LogP contribution is -2.18. The molecule has 0 saturated heterocycles. The van der Waals surface area contributed by atoms with Crippen molar-refractivity contribution >= 4 is 0 Å². The van der Waals surface area contributed by atoms with E-state index in [0.29, 0.717) is 5.92 Å². The Balaban J connectivity index is 1.99. The molecular formula is C14H20. The molecule has 2 atom stereocenters. The van der Waals surface area contributed by atoms with E-state index in [4.69, 9.17) is 0 Å². The highest BCUT2D eigenvalue weighted by atomic mass is 14.3. The highest BCUT2D eigenvalue weighted by molar-refractivity contribution is 5.38. The largest absolute Gasteiger partial charge is 0.0987 e. The number of rotatable bonds is 3. The maximum Gasteiger partial charge on any atom is 0.0193 e. The van der Waals surface area contributed by atoms with Gasteiger partial charge in [-0.25, -0.2) is 0 Å². The van der Waals surface area contributed by atoms with Gasteiger partial charge in [0.2, 0.25) is 0 Å². The monoisotopic (exact) mass is 188 g/mol. The summed E-state index contributed by atoms with van der Waals surface area (Å²) in [7, 11) is 0. The van der Waals surface area contributed by atoms with Crippen molar-refractivity contribution < 1.29 is 0 Å². The van der Waals surface area contributed by atoms with E-state index in [1.54, 1.807) is 5.57 Å². The maximum atomic E-state index is 4.30. The van der Waals surface area contributed by atoms with Gasteiger partial charge in [-0.2, -0.15) is 0 Å². The second-order valence-electron chi connectivity index (χ2n) is 4.56. The second kappa shape index (κ2) is 4.16. The average Bonchev–Trinajstić information content (AvgIpc) is 2.66. The van der Waals surface area contributed by atoms with Crippen molar-refractivity contribution in [3.05, 3.63) is 36.0 Å². The Morgan fingerprint density at radius 2 is 2.36 bits per heavy atom. The van der Waals surface area contributed by atoms with Gasteiger partial charge in [-0.15, -0.1) is 0 Å². The molecule has 0 unspecified atom stereocenters. The van der Waals surface area contributed by atoms with Crippen LogP contribution in [0.2, 0.25) is 0 Å². The molecule has 76 valence electrons. The molecule has 2 aliphatic rings. The van der Waals surface area contributed by atoms with Crippen molar-refractivity contribution in [3.63, 3.8) is 0 Å². The van der Waals surface area contributed by atoms with Gasteiger partial charge in [0.15, 0.2) is 0 Å². The zero-order valence-corrected chi connectivity index (χ0v) is 9.13. The van der Waals surface area contributed by atoms with Crippen LogP contribution in [-0.4, -0.2) is 0 Å². The molecule has 0 spiro atoms. The van der Waals surface area contributed by atoms with Crippen molar-refractivity contribution in [2.45, 2.75) is 39.0 Å². The first kappa shape index (κ1) is 9.76. The number of allylic oxidation sites excluding steroid dienone is 5. The molecule has 0 nitrogen and oxygen atoms in total. The van der Waals surface area contributed by atoms with E-state index < -0.39 is 0 Å². The predicted molar refractivity (Wildman–Crippen MR) is 62.1 cm³/mol. The first-order chi connectivity index (χ1) is 6.83. The van der Waals surface area contributed by atoms with E-state index >= 15 is 0 Å². The molecule has 0 bridgehead atoms. The SMILES string of the molecule is C=C1[C@@H](CCCC)CCC2=CC=C[C@@H]12. The summed E-state index contributed by atoms with van der Waals surface area (Å²) >= 11 is 0. The number of hydrogen-bond donors (Lipinski definition) is 0. The molecule has 1 saturated carbocycles. The molecule has 0 aromatic heterocycles. The zero-order valence-electron chi connectivity index (χ0n) is 9.13. The summed E-state index contributed by atoms with van der Waals surface area (Å²) in [6.45, 7) is 6.57. The molecule has 0 radical (unpaired) electrons. The number of hydrogen-bond acceptors (Lipinski definition) is 0. The third-order valence-corrected chi connectivity index (χ3v) is 3.62. The van der Waals surface area contributed by atoms with Crippen LogP contribution in [0.5, 0.6) is 0 Å². The van der Waals surface area contributed by atoms with Crippen molar-refractivity contribution in [2.24, 2.45) is 11.8 Å². The van der Waals surface area contributed by atoms with Crippen LogP contribution in [-0.2, 0) is 0 Å². The van der Waals surface area contributed by atoms with Crippen LogP contribution in [0.15, 0.2) is 36.0 Å². The van der Waals surface area contributed by atoms with E-state index in [-0.39, 0.29) is 0 Å². The normalized spacial score (nSPS) is 30.4. The van der Waals surface area contributed by atoms with Gasteiger partial charge >= 0.3 is 0 Å². The van der Waals surface area contributed by atoms with Gasteiger partial charge in [0.05, 0.1) is 0 Å². The van der Waals surface area contributed by atoms with Crippen LogP contribution >= 0.6 is 0 Å². The zero-order chi connectivity index (χ0) is 9.97. The van der Waals surface area contributed by atoms with Crippen LogP contribution in [0.25, 0.3) is 0 Å². The minimum atomic E-state index is 0.602. The quantitative estimate of drug-likeness (QED) is 0.581. The molecule has 0 heteroatoms. The van der Waals surface area contributed by atoms with Gasteiger partial charge in [-0.1, -0.05) is 55.7 Å². The minimum Gasteiger partial charge on any atom is -0.0987 e. The fraction of sp³-hybridized carbons (Fsp3) is 0.571. The molecule has 1 fully saturated rings. The molecule has 0 aromatic carbocycles. The summed E-state index contributed by atoms with van der Waals surface area (Å²) in [4.78, 5) is 0. The predicted octanol–water partition coefficient (Wildman–Crippen LogP) is 4.26. The van der Waals surface area contributed by atoms with Crippen molar-refractivity contribution in [3.8, 4) is 0 Å². The molecular weight excluding hydrogens is 168 g/mol. The Morgan fingerprint density at radius 1 is 1.50 bits per heavy atom. The Bertz CT molecular complexity index is 280. The smallest absolute Gasteiger partial charge is 0.0193 e. The van der Waals surface area contributed by atoms with Crippen LogP contribution in [0.3, 0.4) is 0 Å². The summed E-state index contributed by atoms with van der Waals surface area (Å²) in [5.74, 6) is 1.39. The summed E-state index contributed by atoms with van der Waals surface area (Å²) in [6.07, 6.45) is 13.5. The van der Waals surface area contributed by atoms with Crippen LogP contribution in [0, 0.1) is 11.8 Å². The topological polar surface area (TPSA) is 0 Å². The lowest BCUT2D eigenvalue weighted by atomic mass is 9.74. The molecule has 14 heavy (non-hydrogen) atoms. The third kappa shape index (κ3) is 1.70. The number of fused-ring (bicyclic) bond motifs is 1. The van der Waals surface area contributed by atoms with E-state index in [9.17, 15) is 0 Å². The molecule has 0 aromatic rings. The molecule has 0 amide bonds.